The minimum absolute atomic E-state index is 0.000754. The van der Waals surface area contributed by atoms with Gasteiger partial charge in [0.2, 0.25) is 0 Å². The molecule has 0 aliphatic carbocycles. The van der Waals surface area contributed by atoms with Crippen LogP contribution in [-0.4, -0.2) is 17.1 Å². The summed E-state index contributed by atoms with van der Waals surface area (Å²) in [5.41, 5.74) is 5.73. The van der Waals surface area contributed by atoms with Crippen molar-refractivity contribution in [2.75, 3.05) is 6.61 Å². The van der Waals surface area contributed by atoms with Gasteiger partial charge in [-0.05, 0) is 62.2 Å². The van der Waals surface area contributed by atoms with Crippen LogP contribution in [0.2, 0.25) is 0 Å². The Kier molecular flexibility index (Phi) is 5.81. The van der Waals surface area contributed by atoms with Crippen LogP contribution in [0.4, 0.5) is 0 Å². The number of nitriles is 1. The van der Waals surface area contributed by atoms with E-state index >= 15 is 0 Å². The Morgan fingerprint density at radius 3 is 2.64 bits per heavy atom. The van der Waals surface area contributed by atoms with Crippen LogP contribution in [0.3, 0.4) is 0 Å². The molecule has 0 bridgehead atoms. The fourth-order valence-electron chi connectivity index (χ4n) is 3.30. The normalized spacial score (nSPS) is 10.4. The molecule has 0 saturated heterocycles. The standard InChI is InChI=1S/C23H23N3O2/c1-16-6-4-8-20(12-16)26-17(2)13-22(18(26)3)23(27)25-15-19-7-5-9-21(14-19)28-11-10-24/h4-9,12-14H,11,15H2,1-3H3,(H,25,27). The zero-order valence-electron chi connectivity index (χ0n) is 16.3. The second-order valence-corrected chi connectivity index (χ2v) is 6.74. The molecule has 1 N–H and O–H groups in total. The third-order valence-electron chi connectivity index (χ3n) is 4.59. The second kappa shape index (κ2) is 8.45. The van der Waals surface area contributed by atoms with Crippen molar-refractivity contribution in [3.05, 3.63) is 82.7 Å². The largest absolute Gasteiger partial charge is 0.479 e. The molecule has 0 aliphatic heterocycles. The molecule has 3 aromatic rings. The number of nitrogens with one attached hydrogen (secondary N) is 1. The van der Waals surface area contributed by atoms with E-state index in [0.717, 1.165) is 22.6 Å². The van der Waals surface area contributed by atoms with E-state index in [1.807, 2.05) is 56.3 Å². The number of hydrogen-bond acceptors (Lipinski definition) is 3. The van der Waals surface area contributed by atoms with Gasteiger partial charge in [-0.3, -0.25) is 4.79 Å². The Balaban J connectivity index is 1.75. The molecule has 5 nitrogen and oxygen atoms in total. The van der Waals surface area contributed by atoms with Crippen LogP contribution in [0.25, 0.3) is 5.69 Å². The highest BCUT2D eigenvalue weighted by Crippen LogP contribution is 2.22. The van der Waals surface area contributed by atoms with Crippen molar-refractivity contribution >= 4 is 5.91 Å². The summed E-state index contributed by atoms with van der Waals surface area (Å²) in [5, 5.41) is 11.6. The molecule has 28 heavy (non-hydrogen) atoms. The zero-order chi connectivity index (χ0) is 20.1. The summed E-state index contributed by atoms with van der Waals surface area (Å²) in [7, 11) is 0. The van der Waals surface area contributed by atoms with E-state index in [-0.39, 0.29) is 12.5 Å². The van der Waals surface area contributed by atoms with Crippen molar-refractivity contribution in [2.24, 2.45) is 0 Å². The summed E-state index contributed by atoms with van der Waals surface area (Å²) in [6, 6.07) is 19.5. The van der Waals surface area contributed by atoms with Gasteiger partial charge in [-0.25, -0.2) is 0 Å². The van der Waals surface area contributed by atoms with E-state index in [9.17, 15) is 4.79 Å². The lowest BCUT2D eigenvalue weighted by atomic mass is 10.2. The van der Waals surface area contributed by atoms with E-state index in [0.29, 0.717) is 17.9 Å². The number of carbonyl (C=O) groups excluding carboxylic acids is 1. The highest BCUT2D eigenvalue weighted by molar-refractivity contribution is 5.95. The minimum atomic E-state index is -0.115. The van der Waals surface area contributed by atoms with E-state index < -0.39 is 0 Å². The van der Waals surface area contributed by atoms with Gasteiger partial charge in [0.15, 0.2) is 6.61 Å². The fourth-order valence-corrected chi connectivity index (χ4v) is 3.30. The van der Waals surface area contributed by atoms with Crippen LogP contribution < -0.4 is 10.1 Å². The smallest absolute Gasteiger partial charge is 0.253 e. The summed E-state index contributed by atoms with van der Waals surface area (Å²) in [5.74, 6) is 0.501. The molecule has 1 aromatic heterocycles. The van der Waals surface area contributed by atoms with Crippen molar-refractivity contribution in [1.29, 1.82) is 5.26 Å². The van der Waals surface area contributed by atoms with Gasteiger partial charge in [-0.15, -0.1) is 0 Å². The quantitative estimate of drug-likeness (QED) is 0.703. The maximum absolute atomic E-state index is 12.8. The number of rotatable bonds is 6. The number of nitrogens with zero attached hydrogens (tertiary/aromatic N) is 2. The number of aromatic nitrogens is 1. The number of amides is 1. The van der Waals surface area contributed by atoms with E-state index in [1.54, 1.807) is 6.07 Å². The van der Waals surface area contributed by atoms with Gasteiger partial charge in [-0.1, -0.05) is 24.3 Å². The first-order valence-electron chi connectivity index (χ1n) is 9.12. The lowest BCUT2D eigenvalue weighted by Crippen LogP contribution is -2.23. The molecule has 1 amide bonds. The third kappa shape index (κ3) is 4.24. The second-order valence-electron chi connectivity index (χ2n) is 6.74. The van der Waals surface area contributed by atoms with Crippen LogP contribution in [0.1, 0.15) is 32.9 Å². The fraction of sp³-hybridized carbons (Fsp3) is 0.217. The summed E-state index contributed by atoms with van der Waals surface area (Å²) in [6.45, 7) is 6.40. The molecule has 1 heterocycles. The number of aryl methyl sites for hydroxylation is 2. The van der Waals surface area contributed by atoms with Crippen LogP contribution in [-0.2, 0) is 6.54 Å². The Morgan fingerprint density at radius 2 is 1.89 bits per heavy atom. The molecule has 0 radical (unpaired) electrons. The van der Waals surface area contributed by atoms with E-state index in [1.165, 1.54) is 5.56 Å². The average Bonchev–Trinajstić information content (AvgIpc) is 2.99. The first-order chi connectivity index (χ1) is 13.5. The van der Waals surface area contributed by atoms with Gasteiger partial charge >= 0.3 is 0 Å². The first-order valence-corrected chi connectivity index (χ1v) is 9.12. The highest BCUT2D eigenvalue weighted by atomic mass is 16.5. The maximum atomic E-state index is 12.8. The van der Waals surface area contributed by atoms with Gasteiger partial charge in [0.05, 0.1) is 5.56 Å². The molecule has 0 saturated carbocycles. The summed E-state index contributed by atoms with van der Waals surface area (Å²) in [6.07, 6.45) is 0. The first kappa shape index (κ1) is 19.2. The van der Waals surface area contributed by atoms with Gasteiger partial charge in [-0.2, -0.15) is 5.26 Å². The molecule has 3 rings (SSSR count). The van der Waals surface area contributed by atoms with Crippen molar-refractivity contribution < 1.29 is 9.53 Å². The minimum Gasteiger partial charge on any atom is -0.479 e. The molecular formula is C23H23N3O2. The van der Waals surface area contributed by atoms with E-state index in [2.05, 4.69) is 28.9 Å². The third-order valence-corrected chi connectivity index (χ3v) is 4.59. The predicted molar refractivity (Wildman–Crippen MR) is 109 cm³/mol. The summed E-state index contributed by atoms with van der Waals surface area (Å²) >= 11 is 0. The van der Waals surface area contributed by atoms with Crippen LogP contribution in [0.15, 0.2) is 54.6 Å². The number of benzene rings is 2. The monoisotopic (exact) mass is 373 g/mol. The average molecular weight is 373 g/mol. The van der Waals surface area contributed by atoms with Crippen molar-refractivity contribution in [3.8, 4) is 17.5 Å². The maximum Gasteiger partial charge on any atom is 0.253 e. The van der Waals surface area contributed by atoms with Crippen LogP contribution in [0.5, 0.6) is 5.75 Å². The molecular weight excluding hydrogens is 350 g/mol. The Labute approximate surface area is 165 Å². The lowest BCUT2D eigenvalue weighted by Gasteiger charge is -2.11. The Hall–Kier alpha value is -3.52. The van der Waals surface area contributed by atoms with Crippen molar-refractivity contribution in [2.45, 2.75) is 27.3 Å². The molecule has 142 valence electrons. The zero-order valence-corrected chi connectivity index (χ0v) is 16.3. The van der Waals surface area contributed by atoms with Gasteiger partial charge in [0.25, 0.3) is 5.91 Å². The molecule has 0 unspecified atom stereocenters. The van der Waals surface area contributed by atoms with Crippen LogP contribution in [0, 0.1) is 32.1 Å². The molecule has 5 heteroatoms. The topological polar surface area (TPSA) is 67.1 Å². The predicted octanol–water partition coefficient (Wildman–Crippen LogP) is 4.23. The van der Waals surface area contributed by atoms with E-state index in [4.69, 9.17) is 10.00 Å². The molecule has 0 aliphatic rings. The van der Waals surface area contributed by atoms with Gasteiger partial charge in [0.1, 0.15) is 11.8 Å². The van der Waals surface area contributed by atoms with Crippen molar-refractivity contribution in [3.63, 3.8) is 0 Å². The summed E-state index contributed by atoms with van der Waals surface area (Å²) in [4.78, 5) is 12.8. The number of ether oxygens (including phenoxy) is 1. The van der Waals surface area contributed by atoms with Crippen molar-refractivity contribution in [1.82, 2.24) is 9.88 Å². The van der Waals surface area contributed by atoms with Crippen LogP contribution >= 0.6 is 0 Å². The molecule has 0 fully saturated rings. The Morgan fingerprint density at radius 1 is 1.11 bits per heavy atom. The summed E-state index contributed by atoms with van der Waals surface area (Å²) < 4.78 is 7.40. The molecule has 2 aromatic carbocycles. The van der Waals surface area contributed by atoms with Gasteiger partial charge < -0.3 is 14.6 Å². The van der Waals surface area contributed by atoms with Gasteiger partial charge in [0, 0.05) is 23.6 Å². The molecule has 0 spiro atoms. The number of hydrogen-bond donors (Lipinski definition) is 1. The highest BCUT2D eigenvalue weighted by Gasteiger charge is 2.16. The number of carbonyl (C=O) groups is 1. The SMILES string of the molecule is Cc1cccc(-n2c(C)cc(C(=O)NCc3cccc(OCC#N)c3)c2C)c1. The Bertz CT molecular complexity index is 1040. The lowest BCUT2D eigenvalue weighted by molar-refractivity contribution is 0.0950. The molecule has 0 atom stereocenters.